The molecule has 0 aliphatic rings. The number of amides is 2. The van der Waals surface area contributed by atoms with E-state index in [-0.39, 0.29) is 17.4 Å². The van der Waals surface area contributed by atoms with E-state index in [9.17, 15) is 14.7 Å². The Morgan fingerprint density at radius 3 is 2.62 bits per heavy atom. The first kappa shape index (κ1) is 15.6. The number of nitrogens with one attached hydrogen (secondary N) is 1. The van der Waals surface area contributed by atoms with Gasteiger partial charge in [-0.25, -0.2) is 0 Å². The van der Waals surface area contributed by atoms with Gasteiger partial charge in [-0.2, -0.15) is 0 Å². The third-order valence-corrected chi connectivity index (χ3v) is 4.24. The molecule has 0 radical (unpaired) electrons. The summed E-state index contributed by atoms with van der Waals surface area (Å²) in [6.45, 7) is 0. The Morgan fingerprint density at radius 1 is 1.14 bits per heavy atom. The van der Waals surface area contributed by atoms with Crippen LogP contribution in [0.2, 0.25) is 0 Å². The number of rotatable bonds is 4. The van der Waals surface area contributed by atoms with Crippen molar-refractivity contribution < 1.29 is 14.7 Å². The van der Waals surface area contributed by atoms with Gasteiger partial charge in [0.1, 0.15) is 5.75 Å². The number of phenols is 1. The minimum atomic E-state index is -0.441. The summed E-state index contributed by atoms with van der Waals surface area (Å²) in [4.78, 5) is 24.5. The van der Waals surface area contributed by atoms with Crippen molar-refractivity contribution >= 4 is 39.5 Å². The van der Waals surface area contributed by atoms with E-state index >= 15 is 0 Å². The second kappa shape index (κ2) is 7.28. The van der Waals surface area contributed by atoms with Crippen LogP contribution in [0, 0.1) is 0 Å². The number of imide groups is 1. The van der Waals surface area contributed by atoms with Gasteiger partial charge in [-0.05, 0) is 46.3 Å². The molecule has 0 saturated heterocycles. The van der Waals surface area contributed by atoms with E-state index in [1.807, 2.05) is 0 Å². The fraction of sp³-hybridized carbons (Fsp3) is 0.0667. The van der Waals surface area contributed by atoms with Gasteiger partial charge in [-0.15, -0.1) is 11.8 Å². The molecule has 2 N–H and O–H groups in total. The molecule has 2 aromatic rings. The second-order valence-corrected chi connectivity index (χ2v) is 6.05. The summed E-state index contributed by atoms with van der Waals surface area (Å²) < 4.78 is 0.635. The molecule has 108 valence electrons. The summed E-state index contributed by atoms with van der Waals surface area (Å²) in [6.07, 6.45) is 0. The molecule has 0 aromatic heterocycles. The Bertz CT molecular complexity index is 675. The van der Waals surface area contributed by atoms with Crippen molar-refractivity contribution in [2.45, 2.75) is 4.90 Å². The lowest BCUT2D eigenvalue weighted by atomic mass is 10.2. The molecule has 0 heterocycles. The second-order valence-electron chi connectivity index (χ2n) is 4.14. The number of thioether (sulfide) groups is 1. The van der Waals surface area contributed by atoms with Gasteiger partial charge in [0.15, 0.2) is 0 Å². The van der Waals surface area contributed by atoms with Gasteiger partial charge in [0, 0.05) is 9.37 Å². The minimum absolute atomic E-state index is 0.0969. The number of halogens is 1. The molecule has 0 saturated carbocycles. The zero-order valence-corrected chi connectivity index (χ0v) is 13.3. The zero-order chi connectivity index (χ0) is 15.2. The number of aromatic hydroxyl groups is 1. The van der Waals surface area contributed by atoms with Gasteiger partial charge in [-0.3, -0.25) is 14.9 Å². The van der Waals surface area contributed by atoms with Crippen LogP contribution in [0.1, 0.15) is 10.4 Å². The fourth-order valence-electron chi connectivity index (χ4n) is 1.60. The monoisotopic (exact) mass is 365 g/mol. The van der Waals surface area contributed by atoms with Gasteiger partial charge >= 0.3 is 0 Å². The Morgan fingerprint density at radius 2 is 1.90 bits per heavy atom. The fourth-order valence-corrected chi connectivity index (χ4v) is 2.81. The van der Waals surface area contributed by atoms with E-state index in [4.69, 9.17) is 0 Å². The lowest BCUT2D eigenvalue weighted by molar-refractivity contribution is -0.117. The predicted octanol–water partition coefficient (Wildman–Crippen LogP) is 3.20. The van der Waals surface area contributed by atoms with Crippen molar-refractivity contribution in [1.29, 1.82) is 0 Å². The van der Waals surface area contributed by atoms with Crippen LogP contribution >= 0.6 is 27.7 Å². The highest BCUT2D eigenvalue weighted by molar-refractivity contribution is 9.10. The van der Waals surface area contributed by atoms with Crippen molar-refractivity contribution in [1.82, 2.24) is 5.32 Å². The predicted molar refractivity (Wildman–Crippen MR) is 85.4 cm³/mol. The Labute approximate surface area is 134 Å². The molecule has 0 spiro atoms. The number of carbonyl (C=O) groups is 2. The van der Waals surface area contributed by atoms with E-state index in [0.717, 1.165) is 4.90 Å². The molecule has 2 rings (SSSR count). The standard InChI is InChI=1S/C15H12BrNO3S/c16-13-7-2-1-6-12(13)15(20)17-14(19)9-21-11-5-3-4-10(18)8-11/h1-8,18H,9H2,(H,17,19,20). The smallest absolute Gasteiger partial charge is 0.259 e. The molecular formula is C15H12BrNO3S. The maximum atomic E-state index is 11.9. The van der Waals surface area contributed by atoms with Crippen molar-refractivity contribution in [2.24, 2.45) is 0 Å². The summed E-state index contributed by atoms with van der Waals surface area (Å²) in [7, 11) is 0. The van der Waals surface area contributed by atoms with Crippen molar-refractivity contribution in [3.05, 3.63) is 58.6 Å². The van der Waals surface area contributed by atoms with Crippen LogP contribution < -0.4 is 5.32 Å². The lowest BCUT2D eigenvalue weighted by Crippen LogP contribution is -2.32. The average Bonchev–Trinajstić information content (AvgIpc) is 2.45. The first-order chi connectivity index (χ1) is 10.1. The highest BCUT2D eigenvalue weighted by atomic mass is 79.9. The normalized spacial score (nSPS) is 10.1. The van der Waals surface area contributed by atoms with Gasteiger partial charge in [0.2, 0.25) is 5.91 Å². The highest BCUT2D eigenvalue weighted by Gasteiger charge is 2.13. The molecule has 21 heavy (non-hydrogen) atoms. The summed E-state index contributed by atoms with van der Waals surface area (Å²) in [5.41, 5.74) is 0.410. The van der Waals surface area contributed by atoms with Crippen LogP contribution in [0.3, 0.4) is 0 Å². The number of hydrogen-bond donors (Lipinski definition) is 2. The molecule has 0 aliphatic heterocycles. The number of benzene rings is 2. The highest BCUT2D eigenvalue weighted by Crippen LogP contribution is 2.22. The maximum absolute atomic E-state index is 11.9. The van der Waals surface area contributed by atoms with Crippen LogP contribution in [0.4, 0.5) is 0 Å². The lowest BCUT2D eigenvalue weighted by Gasteiger charge is -2.06. The SMILES string of the molecule is O=C(CSc1cccc(O)c1)NC(=O)c1ccccc1Br. The quantitative estimate of drug-likeness (QED) is 0.816. The molecule has 0 atom stereocenters. The molecule has 2 aromatic carbocycles. The summed E-state index contributed by atoms with van der Waals surface area (Å²) in [5.74, 6) is -0.586. The summed E-state index contributed by atoms with van der Waals surface area (Å²) >= 11 is 4.51. The van der Waals surface area contributed by atoms with Crippen LogP contribution in [-0.4, -0.2) is 22.7 Å². The number of phenolic OH excluding ortho intramolecular Hbond substituents is 1. The van der Waals surface area contributed by atoms with E-state index in [1.165, 1.54) is 11.8 Å². The first-order valence-electron chi connectivity index (χ1n) is 6.07. The third-order valence-electron chi connectivity index (χ3n) is 2.56. The van der Waals surface area contributed by atoms with E-state index < -0.39 is 5.91 Å². The van der Waals surface area contributed by atoms with Crippen molar-refractivity contribution in [3.63, 3.8) is 0 Å². The number of hydrogen-bond acceptors (Lipinski definition) is 4. The topological polar surface area (TPSA) is 66.4 Å². The Kier molecular flexibility index (Phi) is 5.41. The van der Waals surface area contributed by atoms with Gasteiger partial charge in [0.05, 0.1) is 11.3 Å². The van der Waals surface area contributed by atoms with Crippen molar-refractivity contribution in [2.75, 3.05) is 5.75 Å². The minimum Gasteiger partial charge on any atom is -0.508 e. The Balaban J connectivity index is 1.90. The Hall–Kier alpha value is -1.79. The van der Waals surface area contributed by atoms with Gasteiger partial charge in [-0.1, -0.05) is 18.2 Å². The molecule has 0 fully saturated rings. The molecule has 6 heteroatoms. The van der Waals surface area contributed by atoms with Crippen LogP contribution in [0.15, 0.2) is 57.9 Å². The van der Waals surface area contributed by atoms with Gasteiger partial charge in [0.25, 0.3) is 5.91 Å². The largest absolute Gasteiger partial charge is 0.508 e. The van der Waals surface area contributed by atoms with E-state index in [0.29, 0.717) is 10.0 Å². The third kappa shape index (κ3) is 4.61. The summed E-state index contributed by atoms with van der Waals surface area (Å²) in [5, 5.41) is 11.7. The number of carbonyl (C=O) groups excluding carboxylic acids is 2. The average molecular weight is 366 g/mol. The van der Waals surface area contributed by atoms with Gasteiger partial charge < -0.3 is 5.11 Å². The first-order valence-corrected chi connectivity index (χ1v) is 7.84. The molecular weight excluding hydrogens is 354 g/mol. The van der Waals surface area contributed by atoms with Crippen LogP contribution in [0.5, 0.6) is 5.75 Å². The zero-order valence-electron chi connectivity index (χ0n) is 10.9. The molecule has 2 amide bonds. The molecule has 4 nitrogen and oxygen atoms in total. The maximum Gasteiger partial charge on any atom is 0.259 e. The van der Waals surface area contributed by atoms with E-state index in [2.05, 4.69) is 21.2 Å². The summed E-state index contributed by atoms with van der Waals surface area (Å²) in [6, 6.07) is 13.5. The molecule has 0 unspecified atom stereocenters. The molecule has 0 bridgehead atoms. The van der Waals surface area contributed by atoms with Crippen molar-refractivity contribution in [3.8, 4) is 5.75 Å². The van der Waals surface area contributed by atoms with Crippen LogP contribution in [0.25, 0.3) is 0 Å². The van der Waals surface area contributed by atoms with Crippen LogP contribution in [-0.2, 0) is 4.79 Å². The van der Waals surface area contributed by atoms with E-state index in [1.54, 1.807) is 48.5 Å². The molecule has 0 aliphatic carbocycles.